The van der Waals surface area contributed by atoms with Crippen LogP contribution in [0, 0.1) is 52.3 Å². The Balaban J connectivity index is 1.37. The second-order valence-corrected chi connectivity index (χ2v) is 13.0. The lowest BCUT2D eigenvalue weighted by Crippen LogP contribution is -2.50. The summed E-state index contributed by atoms with van der Waals surface area (Å²) in [5.74, 6) is 6.04. The molecule has 4 fully saturated rings. The number of hydrogen-bond donors (Lipinski definition) is 0. The van der Waals surface area contributed by atoms with Gasteiger partial charge in [-0.15, -0.1) is 0 Å². The summed E-state index contributed by atoms with van der Waals surface area (Å²) in [4.78, 5) is 0. The van der Waals surface area contributed by atoms with Gasteiger partial charge in [-0.2, -0.15) is 0 Å². The Kier molecular flexibility index (Phi) is 5.05. The molecule has 4 aliphatic carbocycles. The van der Waals surface area contributed by atoms with Crippen LogP contribution in [0.15, 0.2) is 11.6 Å². The zero-order valence-electron chi connectivity index (χ0n) is 20.0. The van der Waals surface area contributed by atoms with Crippen LogP contribution in [0.25, 0.3) is 0 Å². The molecule has 10 atom stereocenters. The van der Waals surface area contributed by atoms with Crippen LogP contribution in [-0.2, 0) is 4.74 Å². The van der Waals surface area contributed by atoms with Crippen molar-refractivity contribution in [3.8, 4) is 0 Å². The fourth-order valence-corrected chi connectivity index (χ4v) is 9.36. The molecule has 5 aliphatic rings. The average Bonchev–Trinajstić information content (AvgIpc) is 3.14. The number of ether oxygens (including phenoxy) is 1. The van der Waals surface area contributed by atoms with Gasteiger partial charge in [0, 0.05) is 0 Å². The quantitative estimate of drug-likeness (QED) is 0.443. The van der Waals surface area contributed by atoms with E-state index in [-0.39, 0.29) is 0 Å². The van der Waals surface area contributed by atoms with E-state index in [2.05, 4.69) is 47.6 Å². The molecule has 0 aromatic carbocycles. The summed E-state index contributed by atoms with van der Waals surface area (Å²) in [5.41, 5.74) is 2.89. The lowest BCUT2D eigenvalue weighted by Gasteiger charge is -2.58. The van der Waals surface area contributed by atoms with Crippen LogP contribution < -0.4 is 0 Å². The van der Waals surface area contributed by atoms with Gasteiger partial charge in [0.15, 0.2) is 0 Å². The lowest BCUT2D eigenvalue weighted by molar-refractivity contribution is -0.0542. The highest BCUT2D eigenvalue weighted by Crippen LogP contribution is 2.69. The lowest BCUT2D eigenvalue weighted by atomic mass is 9.46. The first-order valence-electron chi connectivity index (χ1n) is 13.1. The van der Waals surface area contributed by atoms with Crippen LogP contribution in [0.3, 0.4) is 0 Å². The molecule has 3 saturated carbocycles. The second-order valence-electron chi connectivity index (χ2n) is 13.0. The van der Waals surface area contributed by atoms with Gasteiger partial charge in [0.2, 0.25) is 0 Å². The molecule has 164 valence electrons. The summed E-state index contributed by atoms with van der Waals surface area (Å²) in [6.07, 6.45) is 16.4. The Morgan fingerprint density at radius 2 is 1.90 bits per heavy atom. The molecule has 5 rings (SSSR count). The number of hydrogen-bond acceptors (Lipinski definition) is 1. The standard InChI is InChI=1S/C28H46O/c1-17(2)7-10-24-19(4)26-25(29-24)16-23-21-9-8-20-15-18(3)11-13-27(20,5)22(21)12-14-28(23,26)6/h8,17-19,21-26H,7,9-16H2,1-6H3/t18-,19-,21-,22+,23+,24-,25+,26+,27+,28+/m1/s1. The Morgan fingerprint density at radius 1 is 1.10 bits per heavy atom. The summed E-state index contributed by atoms with van der Waals surface area (Å²) in [6.45, 7) is 15.1. The van der Waals surface area contributed by atoms with Gasteiger partial charge in [-0.05, 0) is 110 Å². The maximum Gasteiger partial charge on any atom is 0.0618 e. The number of fused-ring (bicyclic) bond motifs is 7. The van der Waals surface area contributed by atoms with Crippen LogP contribution in [0.1, 0.15) is 99.3 Å². The zero-order valence-corrected chi connectivity index (χ0v) is 20.0. The minimum absolute atomic E-state index is 0.515. The smallest absolute Gasteiger partial charge is 0.0618 e. The highest BCUT2D eigenvalue weighted by atomic mass is 16.5. The maximum absolute atomic E-state index is 6.82. The van der Waals surface area contributed by atoms with Crippen molar-refractivity contribution in [1.29, 1.82) is 0 Å². The normalized spacial score (nSPS) is 53.8. The van der Waals surface area contributed by atoms with E-state index in [1.54, 1.807) is 0 Å². The van der Waals surface area contributed by atoms with E-state index in [0.29, 0.717) is 23.0 Å². The van der Waals surface area contributed by atoms with E-state index in [0.717, 1.165) is 41.4 Å². The van der Waals surface area contributed by atoms with Gasteiger partial charge in [-0.1, -0.05) is 53.2 Å². The molecule has 1 heterocycles. The largest absolute Gasteiger partial charge is 0.374 e. The molecule has 0 aromatic rings. The zero-order chi connectivity index (χ0) is 20.6. The van der Waals surface area contributed by atoms with Gasteiger partial charge in [0.1, 0.15) is 0 Å². The van der Waals surface area contributed by atoms with Crippen molar-refractivity contribution in [3.63, 3.8) is 0 Å². The van der Waals surface area contributed by atoms with Crippen molar-refractivity contribution < 1.29 is 4.74 Å². The SMILES string of the molecule is CC(C)CC[C@H]1O[C@H]2C[C@H]3[C@@H]4CC=C5C[C@H](C)CC[C@]5(C)[C@H]4CC[C@]3(C)[C@H]2[C@@H]1C. The van der Waals surface area contributed by atoms with Crippen LogP contribution >= 0.6 is 0 Å². The molecule has 0 radical (unpaired) electrons. The third-order valence-corrected chi connectivity index (χ3v) is 11.0. The summed E-state index contributed by atoms with van der Waals surface area (Å²) in [6, 6.07) is 0. The van der Waals surface area contributed by atoms with Crippen molar-refractivity contribution in [2.24, 2.45) is 52.3 Å². The molecular weight excluding hydrogens is 352 g/mol. The number of allylic oxidation sites excluding steroid dienone is 2. The Bertz CT molecular complexity index is 663. The summed E-state index contributed by atoms with van der Waals surface area (Å²) >= 11 is 0. The van der Waals surface area contributed by atoms with Crippen molar-refractivity contribution in [3.05, 3.63) is 11.6 Å². The highest BCUT2D eigenvalue weighted by molar-refractivity contribution is 5.25. The van der Waals surface area contributed by atoms with E-state index in [1.807, 2.05) is 5.57 Å². The van der Waals surface area contributed by atoms with Crippen molar-refractivity contribution in [2.75, 3.05) is 0 Å². The molecular formula is C28H46O. The van der Waals surface area contributed by atoms with E-state index in [4.69, 9.17) is 4.74 Å². The second kappa shape index (κ2) is 7.11. The van der Waals surface area contributed by atoms with Gasteiger partial charge in [-0.25, -0.2) is 0 Å². The monoisotopic (exact) mass is 398 g/mol. The molecule has 0 bridgehead atoms. The fraction of sp³-hybridized carbons (Fsp3) is 0.929. The van der Waals surface area contributed by atoms with Crippen LogP contribution in [0.4, 0.5) is 0 Å². The summed E-state index contributed by atoms with van der Waals surface area (Å²) < 4.78 is 6.82. The van der Waals surface area contributed by atoms with Gasteiger partial charge in [0.05, 0.1) is 12.2 Å². The van der Waals surface area contributed by atoms with E-state index >= 15 is 0 Å². The molecule has 1 nitrogen and oxygen atoms in total. The van der Waals surface area contributed by atoms with Gasteiger partial charge in [0.25, 0.3) is 0 Å². The highest BCUT2D eigenvalue weighted by Gasteiger charge is 2.64. The van der Waals surface area contributed by atoms with Crippen molar-refractivity contribution >= 4 is 0 Å². The predicted octanol–water partition coefficient (Wildman–Crippen LogP) is 7.65. The van der Waals surface area contributed by atoms with Crippen molar-refractivity contribution in [2.45, 2.75) is 112 Å². The van der Waals surface area contributed by atoms with Crippen molar-refractivity contribution in [1.82, 2.24) is 0 Å². The van der Waals surface area contributed by atoms with Gasteiger partial charge < -0.3 is 4.74 Å². The topological polar surface area (TPSA) is 9.23 Å². The third kappa shape index (κ3) is 3.03. The maximum atomic E-state index is 6.82. The third-order valence-electron chi connectivity index (χ3n) is 11.0. The predicted molar refractivity (Wildman–Crippen MR) is 122 cm³/mol. The minimum atomic E-state index is 0.515. The van der Waals surface area contributed by atoms with Gasteiger partial charge in [-0.3, -0.25) is 0 Å². The fourth-order valence-electron chi connectivity index (χ4n) is 9.36. The molecule has 0 amide bonds. The average molecular weight is 399 g/mol. The first-order valence-corrected chi connectivity index (χ1v) is 13.1. The molecule has 0 spiro atoms. The van der Waals surface area contributed by atoms with Crippen LogP contribution in [0.2, 0.25) is 0 Å². The molecule has 0 unspecified atom stereocenters. The van der Waals surface area contributed by atoms with Crippen LogP contribution in [0.5, 0.6) is 0 Å². The van der Waals surface area contributed by atoms with Crippen LogP contribution in [-0.4, -0.2) is 12.2 Å². The Hall–Kier alpha value is -0.300. The summed E-state index contributed by atoms with van der Waals surface area (Å²) in [7, 11) is 0. The van der Waals surface area contributed by atoms with E-state index in [1.165, 1.54) is 57.8 Å². The first kappa shape index (κ1) is 20.6. The molecule has 1 aliphatic heterocycles. The molecule has 0 aromatic heterocycles. The first-order chi connectivity index (χ1) is 13.7. The Morgan fingerprint density at radius 3 is 2.66 bits per heavy atom. The van der Waals surface area contributed by atoms with E-state index in [9.17, 15) is 0 Å². The van der Waals surface area contributed by atoms with E-state index < -0.39 is 0 Å². The number of rotatable bonds is 3. The minimum Gasteiger partial charge on any atom is -0.374 e. The van der Waals surface area contributed by atoms with Gasteiger partial charge >= 0.3 is 0 Å². The molecule has 1 saturated heterocycles. The Labute approximate surface area is 180 Å². The molecule has 29 heavy (non-hydrogen) atoms. The summed E-state index contributed by atoms with van der Waals surface area (Å²) in [5, 5.41) is 0. The molecule has 1 heteroatoms. The molecule has 0 N–H and O–H groups in total.